The zero-order valence-electron chi connectivity index (χ0n) is 12.2. The molecule has 0 saturated heterocycles. The number of thioether (sulfide) groups is 2. The number of rotatable bonds is 7. The largest absolute Gasteiger partial charge is 0.355 e. The number of benzene rings is 1. The number of H-pyrrole nitrogens is 1. The summed E-state index contributed by atoms with van der Waals surface area (Å²) in [6.07, 6.45) is 1.43. The molecule has 2 rings (SSSR count). The monoisotopic (exact) mass is 335 g/mol. The van der Waals surface area contributed by atoms with E-state index in [1.165, 1.54) is 34.5 Å². The molecular weight excluding hydrogens is 318 g/mol. The SMILES string of the molecule is Cc1ccc(SCCNC(=O)CSc2nccc(=O)[nH]2)cc1. The molecule has 1 amide bonds. The van der Waals surface area contributed by atoms with Crippen LogP contribution in [0.3, 0.4) is 0 Å². The summed E-state index contributed by atoms with van der Waals surface area (Å²) in [7, 11) is 0. The summed E-state index contributed by atoms with van der Waals surface area (Å²) in [5.41, 5.74) is 1.02. The van der Waals surface area contributed by atoms with Crippen LogP contribution in [0, 0.1) is 6.92 Å². The van der Waals surface area contributed by atoms with Crippen LogP contribution in [0.4, 0.5) is 0 Å². The summed E-state index contributed by atoms with van der Waals surface area (Å²) in [5.74, 6) is 0.989. The molecule has 0 radical (unpaired) electrons. The van der Waals surface area contributed by atoms with E-state index in [1.54, 1.807) is 11.8 Å². The zero-order chi connectivity index (χ0) is 15.8. The summed E-state index contributed by atoms with van der Waals surface area (Å²) in [5, 5.41) is 3.30. The molecule has 0 bridgehead atoms. The summed E-state index contributed by atoms with van der Waals surface area (Å²) in [6, 6.07) is 9.65. The number of nitrogens with zero attached hydrogens (tertiary/aromatic N) is 1. The van der Waals surface area contributed by atoms with Gasteiger partial charge in [0, 0.05) is 29.5 Å². The highest BCUT2D eigenvalue weighted by Crippen LogP contribution is 2.17. The molecule has 7 heteroatoms. The number of aryl methyl sites for hydroxylation is 1. The van der Waals surface area contributed by atoms with Crippen LogP contribution in [0.1, 0.15) is 5.56 Å². The van der Waals surface area contributed by atoms with Crippen molar-refractivity contribution in [1.29, 1.82) is 0 Å². The molecule has 0 atom stereocenters. The maximum absolute atomic E-state index is 11.7. The molecule has 22 heavy (non-hydrogen) atoms. The van der Waals surface area contributed by atoms with Crippen molar-refractivity contribution in [2.45, 2.75) is 17.0 Å². The van der Waals surface area contributed by atoms with Gasteiger partial charge in [-0.05, 0) is 19.1 Å². The lowest BCUT2D eigenvalue weighted by atomic mass is 10.2. The number of carbonyl (C=O) groups is 1. The van der Waals surface area contributed by atoms with Gasteiger partial charge in [-0.25, -0.2) is 4.98 Å². The van der Waals surface area contributed by atoms with E-state index in [0.29, 0.717) is 11.7 Å². The Balaban J connectivity index is 1.63. The maximum atomic E-state index is 11.7. The standard InChI is InChI=1S/C15H17N3O2S2/c1-11-2-4-12(5-3-11)21-9-8-16-14(20)10-22-15-17-7-6-13(19)18-15/h2-7H,8-10H2,1H3,(H,16,20)(H,17,18,19). The van der Waals surface area contributed by atoms with Crippen LogP contribution in [-0.2, 0) is 4.79 Å². The number of nitrogens with one attached hydrogen (secondary N) is 2. The van der Waals surface area contributed by atoms with E-state index >= 15 is 0 Å². The minimum atomic E-state index is -0.215. The molecule has 1 aromatic heterocycles. The van der Waals surface area contributed by atoms with Crippen LogP contribution in [0.2, 0.25) is 0 Å². The van der Waals surface area contributed by atoms with E-state index in [1.807, 2.05) is 0 Å². The second kappa shape index (κ2) is 8.65. The zero-order valence-corrected chi connectivity index (χ0v) is 13.8. The fourth-order valence-corrected chi connectivity index (χ4v) is 3.05. The molecule has 0 unspecified atom stereocenters. The highest BCUT2D eigenvalue weighted by Gasteiger charge is 2.04. The third-order valence-electron chi connectivity index (χ3n) is 2.70. The van der Waals surface area contributed by atoms with Gasteiger partial charge in [-0.15, -0.1) is 11.8 Å². The van der Waals surface area contributed by atoms with Crippen molar-refractivity contribution < 1.29 is 4.79 Å². The fraction of sp³-hybridized carbons (Fsp3) is 0.267. The first-order valence-electron chi connectivity index (χ1n) is 6.78. The van der Waals surface area contributed by atoms with Crippen LogP contribution in [0.25, 0.3) is 0 Å². The van der Waals surface area contributed by atoms with E-state index in [9.17, 15) is 9.59 Å². The lowest BCUT2D eigenvalue weighted by molar-refractivity contribution is -0.118. The molecule has 1 aromatic carbocycles. The van der Waals surface area contributed by atoms with Gasteiger partial charge >= 0.3 is 0 Å². The van der Waals surface area contributed by atoms with E-state index in [2.05, 4.69) is 46.5 Å². The first-order chi connectivity index (χ1) is 10.6. The number of aromatic amines is 1. The summed E-state index contributed by atoms with van der Waals surface area (Å²) in [6.45, 7) is 2.66. The highest BCUT2D eigenvalue weighted by atomic mass is 32.2. The smallest absolute Gasteiger partial charge is 0.251 e. The normalized spacial score (nSPS) is 10.4. The number of amides is 1. The molecule has 0 aliphatic carbocycles. The van der Waals surface area contributed by atoms with E-state index < -0.39 is 0 Å². The topological polar surface area (TPSA) is 74.8 Å². The number of aromatic nitrogens is 2. The van der Waals surface area contributed by atoms with Crippen LogP contribution in [0.15, 0.2) is 51.4 Å². The Morgan fingerprint density at radius 1 is 1.23 bits per heavy atom. The Kier molecular flexibility index (Phi) is 6.54. The lowest BCUT2D eigenvalue weighted by Crippen LogP contribution is -2.27. The molecule has 0 fully saturated rings. The van der Waals surface area contributed by atoms with Crippen molar-refractivity contribution in [3.63, 3.8) is 0 Å². The van der Waals surface area contributed by atoms with Crippen LogP contribution in [-0.4, -0.2) is 33.9 Å². The van der Waals surface area contributed by atoms with Crippen molar-refractivity contribution in [2.75, 3.05) is 18.1 Å². The molecule has 116 valence electrons. The van der Waals surface area contributed by atoms with Gasteiger partial charge in [-0.3, -0.25) is 9.59 Å². The number of hydrogen-bond acceptors (Lipinski definition) is 5. The third-order valence-corrected chi connectivity index (χ3v) is 4.60. The fourth-order valence-electron chi connectivity index (χ4n) is 1.60. The Bertz CT molecular complexity index is 671. The van der Waals surface area contributed by atoms with Crippen molar-refractivity contribution >= 4 is 29.4 Å². The van der Waals surface area contributed by atoms with Gasteiger partial charge in [0.05, 0.1) is 5.75 Å². The predicted molar refractivity (Wildman–Crippen MR) is 90.5 cm³/mol. The van der Waals surface area contributed by atoms with Gasteiger partial charge in [0.1, 0.15) is 0 Å². The maximum Gasteiger partial charge on any atom is 0.251 e. The molecule has 0 spiro atoms. The summed E-state index contributed by atoms with van der Waals surface area (Å²) < 4.78 is 0. The third kappa shape index (κ3) is 5.95. The van der Waals surface area contributed by atoms with Gasteiger partial charge in [0.15, 0.2) is 5.16 Å². The predicted octanol–water partition coefficient (Wildman–Crippen LogP) is 2.08. The van der Waals surface area contributed by atoms with Crippen molar-refractivity contribution in [1.82, 2.24) is 15.3 Å². The lowest BCUT2D eigenvalue weighted by Gasteiger charge is -2.05. The first-order valence-corrected chi connectivity index (χ1v) is 8.75. The van der Waals surface area contributed by atoms with E-state index in [0.717, 1.165) is 5.75 Å². The molecule has 2 aromatic rings. The molecule has 0 aliphatic heterocycles. The van der Waals surface area contributed by atoms with Crippen molar-refractivity contribution in [3.8, 4) is 0 Å². The first kappa shape index (κ1) is 16.6. The van der Waals surface area contributed by atoms with Crippen molar-refractivity contribution in [2.24, 2.45) is 0 Å². The molecule has 5 nitrogen and oxygen atoms in total. The average Bonchev–Trinajstić information content (AvgIpc) is 2.51. The van der Waals surface area contributed by atoms with Crippen LogP contribution < -0.4 is 10.9 Å². The van der Waals surface area contributed by atoms with E-state index in [-0.39, 0.29) is 17.2 Å². The second-order valence-corrected chi connectivity index (χ2v) is 6.67. The number of hydrogen-bond donors (Lipinski definition) is 2. The summed E-state index contributed by atoms with van der Waals surface area (Å²) >= 11 is 2.92. The van der Waals surface area contributed by atoms with Gasteiger partial charge in [-0.1, -0.05) is 29.5 Å². The van der Waals surface area contributed by atoms with Gasteiger partial charge < -0.3 is 10.3 Å². The Morgan fingerprint density at radius 2 is 2.00 bits per heavy atom. The molecule has 0 saturated carbocycles. The molecule has 1 heterocycles. The Hall–Kier alpha value is -1.73. The highest BCUT2D eigenvalue weighted by molar-refractivity contribution is 7.99. The molecule has 0 aliphatic rings. The Morgan fingerprint density at radius 3 is 2.73 bits per heavy atom. The van der Waals surface area contributed by atoms with E-state index in [4.69, 9.17) is 0 Å². The van der Waals surface area contributed by atoms with Gasteiger partial charge in [0.2, 0.25) is 5.91 Å². The van der Waals surface area contributed by atoms with Crippen molar-refractivity contribution in [3.05, 3.63) is 52.4 Å². The van der Waals surface area contributed by atoms with Crippen LogP contribution in [0.5, 0.6) is 0 Å². The molecular formula is C15H17N3O2S2. The van der Waals surface area contributed by atoms with Gasteiger partial charge in [0.25, 0.3) is 5.56 Å². The number of carbonyl (C=O) groups excluding carboxylic acids is 1. The van der Waals surface area contributed by atoms with Crippen LogP contribution >= 0.6 is 23.5 Å². The quantitative estimate of drug-likeness (QED) is 0.460. The second-order valence-electron chi connectivity index (χ2n) is 4.54. The minimum Gasteiger partial charge on any atom is -0.355 e. The molecule has 2 N–H and O–H groups in total. The van der Waals surface area contributed by atoms with Gasteiger partial charge in [-0.2, -0.15) is 0 Å². The summed E-state index contributed by atoms with van der Waals surface area (Å²) in [4.78, 5) is 30.5. The Labute approximate surface area is 137 Å². The minimum absolute atomic E-state index is 0.0685. The average molecular weight is 335 g/mol.